The summed E-state index contributed by atoms with van der Waals surface area (Å²) >= 11 is 1.05. The molecule has 2 aliphatic heterocycles. The molecule has 12 heteroatoms. The fourth-order valence-electron chi connectivity index (χ4n) is 3.20. The van der Waals surface area contributed by atoms with E-state index in [1.54, 1.807) is 11.0 Å². The van der Waals surface area contributed by atoms with E-state index in [0.29, 0.717) is 24.3 Å². The number of halogens is 4. The van der Waals surface area contributed by atoms with Crippen LogP contribution in [-0.2, 0) is 15.8 Å². The molecule has 0 aliphatic carbocycles. The number of thioether (sulfide) groups is 1. The molecule has 1 saturated heterocycles. The average molecular weight is 490 g/mol. The third-order valence-corrected chi connectivity index (χ3v) is 5.85. The van der Waals surface area contributed by atoms with Crippen molar-refractivity contribution in [2.24, 2.45) is 4.99 Å². The standard InChI is InChI=1S/C22H14F4N4O3S/c23-15-8-12(9-18-20(32)29-21(34-18)30-6-5-28-19(31)11-30)1-4-17(15)33-16-3-2-13(10-27)7-14(16)22(24,25)26/h1-4,7-9H,5-6,11H2,(H,28,31)/b18-9-. The number of carbonyl (C=O) groups excluding carboxylic acids is 2. The van der Waals surface area contributed by atoms with E-state index in [-0.39, 0.29) is 28.5 Å². The molecular weight excluding hydrogens is 476 g/mol. The number of carbonyl (C=O) groups is 2. The first-order chi connectivity index (χ1) is 16.1. The van der Waals surface area contributed by atoms with Gasteiger partial charge in [0.1, 0.15) is 5.75 Å². The van der Waals surface area contributed by atoms with E-state index in [4.69, 9.17) is 10.00 Å². The number of alkyl halides is 3. The summed E-state index contributed by atoms with van der Waals surface area (Å²) in [5.41, 5.74) is -1.15. The van der Waals surface area contributed by atoms with E-state index in [2.05, 4.69) is 10.3 Å². The summed E-state index contributed by atoms with van der Waals surface area (Å²) < 4.78 is 59.8. The summed E-state index contributed by atoms with van der Waals surface area (Å²) in [6, 6.07) is 7.85. The van der Waals surface area contributed by atoms with Crippen molar-refractivity contribution in [3.8, 4) is 17.6 Å². The maximum Gasteiger partial charge on any atom is 0.420 e. The molecule has 0 bridgehead atoms. The molecule has 0 saturated carbocycles. The Balaban J connectivity index is 1.53. The number of rotatable bonds is 3. The molecule has 2 aromatic carbocycles. The molecule has 0 atom stereocenters. The number of benzene rings is 2. The predicted octanol–water partition coefficient (Wildman–Crippen LogP) is 3.91. The minimum Gasteiger partial charge on any atom is -0.454 e. The highest BCUT2D eigenvalue weighted by atomic mass is 32.2. The molecule has 34 heavy (non-hydrogen) atoms. The highest BCUT2D eigenvalue weighted by Gasteiger charge is 2.35. The molecule has 0 radical (unpaired) electrons. The Bertz CT molecular complexity index is 1280. The van der Waals surface area contributed by atoms with Crippen LogP contribution in [0.4, 0.5) is 17.6 Å². The van der Waals surface area contributed by atoms with Crippen molar-refractivity contribution >= 4 is 34.8 Å². The maximum absolute atomic E-state index is 14.6. The van der Waals surface area contributed by atoms with E-state index in [1.165, 1.54) is 12.1 Å². The van der Waals surface area contributed by atoms with Gasteiger partial charge in [-0.2, -0.15) is 23.4 Å². The van der Waals surface area contributed by atoms with Crippen LogP contribution < -0.4 is 10.1 Å². The minimum absolute atomic E-state index is 0.0717. The largest absolute Gasteiger partial charge is 0.454 e. The van der Waals surface area contributed by atoms with Crippen molar-refractivity contribution in [3.05, 3.63) is 63.8 Å². The van der Waals surface area contributed by atoms with Crippen LogP contribution >= 0.6 is 11.8 Å². The smallest absolute Gasteiger partial charge is 0.420 e. The number of aliphatic imine (C=N–C) groups is 1. The number of nitrogens with one attached hydrogen (secondary N) is 1. The second-order valence-corrected chi connectivity index (χ2v) is 8.20. The fraction of sp³-hybridized carbons (Fsp3) is 0.182. The average Bonchev–Trinajstić information content (AvgIpc) is 3.15. The lowest BCUT2D eigenvalue weighted by atomic mass is 10.1. The molecule has 2 amide bonds. The lowest BCUT2D eigenvalue weighted by Gasteiger charge is -2.27. The van der Waals surface area contributed by atoms with Gasteiger partial charge >= 0.3 is 6.18 Å². The van der Waals surface area contributed by atoms with E-state index < -0.39 is 35.0 Å². The molecular formula is C22H14F4N4O3S. The number of amidine groups is 1. The molecule has 4 rings (SSSR count). The first kappa shape index (κ1) is 23.3. The van der Waals surface area contributed by atoms with Gasteiger partial charge in [0.15, 0.2) is 16.7 Å². The van der Waals surface area contributed by atoms with Crippen molar-refractivity contribution in [2.75, 3.05) is 19.6 Å². The van der Waals surface area contributed by atoms with E-state index in [9.17, 15) is 27.2 Å². The van der Waals surface area contributed by atoms with Gasteiger partial charge in [-0.3, -0.25) is 9.59 Å². The Labute approximate surface area is 194 Å². The van der Waals surface area contributed by atoms with Crippen LogP contribution in [0.3, 0.4) is 0 Å². The molecule has 7 nitrogen and oxygen atoms in total. The number of hydrogen-bond acceptors (Lipinski definition) is 6. The first-order valence-corrected chi connectivity index (χ1v) is 10.6. The summed E-state index contributed by atoms with van der Waals surface area (Å²) in [7, 11) is 0. The topological polar surface area (TPSA) is 94.8 Å². The van der Waals surface area contributed by atoms with Gasteiger partial charge in [-0.25, -0.2) is 4.39 Å². The second kappa shape index (κ2) is 9.18. The van der Waals surface area contributed by atoms with Gasteiger partial charge in [0, 0.05) is 13.1 Å². The van der Waals surface area contributed by atoms with Crippen molar-refractivity contribution in [1.29, 1.82) is 5.26 Å². The Morgan fingerprint density at radius 3 is 2.62 bits per heavy atom. The zero-order valence-electron chi connectivity index (χ0n) is 17.1. The summed E-state index contributed by atoms with van der Waals surface area (Å²) in [6.07, 6.45) is -3.42. The minimum atomic E-state index is -4.81. The number of nitriles is 1. The molecule has 0 unspecified atom stereocenters. The molecule has 2 aromatic rings. The van der Waals surface area contributed by atoms with Gasteiger partial charge in [-0.15, -0.1) is 0 Å². The van der Waals surface area contributed by atoms with Crippen molar-refractivity contribution < 1.29 is 31.9 Å². The summed E-state index contributed by atoms with van der Waals surface area (Å²) in [5, 5.41) is 11.9. The predicted molar refractivity (Wildman–Crippen MR) is 115 cm³/mol. The Morgan fingerprint density at radius 2 is 1.94 bits per heavy atom. The molecule has 0 spiro atoms. The number of nitrogens with zero attached hydrogens (tertiary/aromatic N) is 3. The van der Waals surface area contributed by atoms with Crippen LogP contribution in [0.1, 0.15) is 16.7 Å². The number of hydrogen-bond donors (Lipinski definition) is 1. The van der Waals surface area contributed by atoms with E-state index in [1.807, 2.05) is 0 Å². The van der Waals surface area contributed by atoms with Gasteiger partial charge in [-0.05, 0) is 53.7 Å². The fourth-order valence-corrected chi connectivity index (χ4v) is 4.14. The molecule has 1 N–H and O–H groups in total. The third-order valence-electron chi connectivity index (χ3n) is 4.81. The SMILES string of the molecule is N#Cc1ccc(Oc2ccc(/C=C3\SC(N4CCNC(=O)C4)=NC3=O)cc2F)c(C(F)(F)F)c1. The van der Waals surface area contributed by atoms with Crippen LogP contribution in [0.15, 0.2) is 46.3 Å². The quantitative estimate of drug-likeness (QED) is 0.518. The molecule has 1 fully saturated rings. The highest BCUT2D eigenvalue weighted by molar-refractivity contribution is 8.18. The summed E-state index contributed by atoms with van der Waals surface area (Å²) in [4.78, 5) is 29.6. The van der Waals surface area contributed by atoms with Gasteiger partial charge < -0.3 is 15.0 Å². The van der Waals surface area contributed by atoms with E-state index >= 15 is 0 Å². The Kier molecular flexibility index (Phi) is 6.30. The van der Waals surface area contributed by atoms with Crippen LogP contribution in [0.2, 0.25) is 0 Å². The highest BCUT2D eigenvalue weighted by Crippen LogP contribution is 2.39. The van der Waals surface area contributed by atoms with Crippen LogP contribution in [0.5, 0.6) is 11.5 Å². The van der Waals surface area contributed by atoms with Crippen LogP contribution in [0.25, 0.3) is 6.08 Å². The normalized spacial score (nSPS) is 17.4. The Hall–Kier alpha value is -3.85. The zero-order valence-corrected chi connectivity index (χ0v) is 18.0. The molecule has 174 valence electrons. The van der Waals surface area contributed by atoms with Gasteiger partial charge in [0.25, 0.3) is 5.91 Å². The number of ether oxygens (including phenoxy) is 1. The lowest BCUT2D eigenvalue weighted by molar-refractivity contribution is -0.138. The van der Waals surface area contributed by atoms with Crippen molar-refractivity contribution in [2.45, 2.75) is 6.18 Å². The second-order valence-electron chi connectivity index (χ2n) is 7.19. The van der Waals surface area contributed by atoms with E-state index in [0.717, 1.165) is 36.0 Å². The lowest BCUT2D eigenvalue weighted by Crippen LogP contribution is -2.49. The van der Waals surface area contributed by atoms with Gasteiger partial charge in [0.2, 0.25) is 5.91 Å². The van der Waals surface area contributed by atoms with Crippen molar-refractivity contribution in [3.63, 3.8) is 0 Å². The summed E-state index contributed by atoms with van der Waals surface area (Å²) in [5.74, 6) is -2.79. The Morgan fingerprint density at radius 1 is 1.18 bits per heavy atom. The number of piperazine rings is 1. The molecule has 2 heterocycles. The third kappa shape index (κ3) is 5.04. The molecule has 0 aromatic heterocycles. The molecule has 2 aliphatic rings. The first-order valence-electron chi connectivity index (χ1n) is 9.77. The zero-order chi connectivity index (χ0) is 24.5. The van der Waals surface area contributed by atoms with Crippen LogP contribution in [-0.4, -0.2) is 41.5 Å². The van der Waals surface area contributed by atoms with Crippen molar-refractivity contribution in [1.82, 2.24) is 10.2 Å². The van der Waals surface area contributed by atoms with Gasteiger partial charge in [-0.1, -0.05) is 6.07 Å². The monoisotopic (exact) mass is 490 g/mol. The van der Waals surface area contributed by atoms with Gasteiger partial charge in [0.05, 0.1) is 28.6 Å². The maximum atomic E-state index is 14.6. The number of amides is 2. The van der Waals surface area contributed by atoms with Crippen LogP contribution in [0, 0.1) is 17.1 Å². The summed E-state index contributed by atoms with van der Waals surface area (Å²) in [6.45, 7) is 0.990.